The van der Waals surface area contributed by atoms with Crippen LogP contribution in [0.25, 0.3) is 0 Å². The minimum absolute atomic E-state index is 0.00684. The molecule has 198 valence electrons. The summed E-state index contributed by atoms with van der Waals surface area (Å²) in [5.74, 6) is 2.01. The molecule has 1 unspecified atom stereocenters. The second kappa shape index (κ2) is 14.1. The molecule has 1 aromatic carbocycles. The average molecular weight is 520 g/mol. The van der Waals surface area contributed by atoms with Crippen molar-refractivity contribution in [3.05, 3.63) is 48.4 Å². The molecule has 2 atom stereocenters. The standard InChI is InChI=1S/C26H38ClN5O4/c1-4-30-25(14-24(27)28)31-20-12-19(15-29-16-20)26(33)32(21-6-7-21)17-18-10-22(35-3)13-23(11-18)36-9-5-8-34-2/h4,10-11,13-14,19-21,28-31H,1,5-9,12,15-17H2,2-3H3/t19-,20?/m1/s1. The van der Waals surface area contributed by atoms with Crippen molar-refractivity contribution in [3.63, 3.8) is 0 Å². The normalized spacial score (nSPS) is 19.8. The Bertz CT molecular complexity index is 937. The predicted octanol–water partition coefficient (Wildman–Crippen LogP) is 2.96. The highest BCUT2D eigenvalue weighted by atomic mass is 35.5. The minimum Gasteiger partial charge on any atom is -0.497 e. The van der Waals surface area contributed by atoms with Crippen LogP contribution in [0.1, 0.15) is 31.2 Å². The molecule has 9 nitrogen and oxygen atoms in total. The summed E-state index contributed by atoms with van der Waals surface area (Å²) in [5.41, 5.74) is 0.982. The molecule has 1 saturated carbocycles. The Morgan fingerprint density at radius 2 is 2.03 bits per heavy atom. The van der Waals surface area contributed by atoms with E-state index in [4.69, 9.17) is 31.2 Å². The Labute approximate surface area is 218 Å². The number of piperidine rings is 1. The number of nitrogens with one attached hydrogen (secondary N) is 4. The lowest BCUT2D eigenvalue weighted by Crippen LogP contribution is -2.52. The first-order valence-corrected chi connectivity index (χ1v) is 12.7. The molecule has 2 fully saturated rings. The maximum atomic E-state index is 13.7. The van der Waals surface area contributed by atoms with E-state index in [-0.39, 0.29) is 29.1 Å². The van der Waals surface area contributed by atoms with E-state index in [1.54, 1.807) is 14.2 Å². The smallest absolute Gasteiger partial charge is 0.227 e. The molecule has 1 heterocycles. The van der Waals surface area contributed by atoms with Gasteiger partial charge in [-0.2, -0.15) is 0 Å². The molecule has 1 aliphatic heterocycles. The van der Waals surface area contributed by atoms with Crippen LogP contribution in [0.15, 0.2) is 42.9 Å². The molecule has 36 heavy (non-hydrogen) atoms. The van der Waals surface area contributed by atoms with Gasteiger partial charge in [0.05, 0.1) is 19.6 Å². The van der Waals surface area contributed by atoms with Gasteiger partial charge in [0, 0.05) is 64.0 Å². The number of methoxy groups -OCH3 is 2. The molecule has 10 heteroatoms. The van der Waals surface area contributed by atoms with Gasteiger partial charge in [0.2, 0.25) is 5.91 Å². The van der Waals surface area contributed by atoms with E-state index in [0.717, 1.165) is 30.6 Å². The van der Waals surface area contributed by atoms with Crippen LogP contribution in [-0.2, 0) is 16.1 Å². The number of carbonyl (C=O) groups excluding carboxylic acids is 1. The van der Waals surface area contributed by atoms with E-state index in [1.165, 1.54) is 12.3 Å². The number of halogens is 1. The SMILES string of the molecule is C=CNC(=CC(=N)Cl)NC1CNC[C@H](C(=O)N(Cc2cc(OC)cc(OCCCOC)c2)C2CC2)C1. The summed E-state index contributed by atoms with van der Waals surface area (Å²) in [7, 11) is 3.31. The number of hydrogen-bond donors (Lipinski definition) is 4. The topological polar surface area (TPSA) is 108 Å². The van der Waals surface area contributed by atoms with Crippen LogP contribution in [0.2, 0.25) is 0 Å². The first kappa shape index (κ1) is 27.8. The van der Waals surface area contributed by atoms with Crippen molar-refractivity contribution in [3.8, 4) is 11.5 Å². The lowest BCUT2D eigenvalue weighted by atomic mass is 9.94. The van der Waals surface area contributed by atoms with Gasteiger partial charge in [0.1, 0.15) is 22.5 Å². The van der Waals surface area contributed by atoms with E-state index in [0.29, 0.717) is 50.8 Å². The van der Waals surface area contributed by atoms with E-state index < -0.39 is 0 Å². The number of ether oxygens (including phenoxy) is 3. The average Bonchev–Trinajstić information content (AvgIpc) is 3.70. The first-order chi connectivity index (χ1) is 17.4. The summed E-state index contributed by atoms with van der Waals surface area (Å²) in [6.45, 7) is 6.71. The van der Waals surface area contributed by atoms with E-state index >= 15 is 0 Å². The Morgan fingerprint density at radius 3 is 2.69 bits per heavy atom. The van der Waals surface area contributed by atoms with Gasteiger partial charge in [-0.25, -0.2) is 0 Å². The van der Waals surface area contributed by atoms with Crippen molar-refractivity contribution in [2.45, 2.75) is 44.3 Å². The predicted molar refractivity (Wildman–Crippen MR) is 141 cm³/mol. The number of nitrogens with zero attached hydrogens (tertiary/aromatic N) is 1. The van der Waals surface area contributed by atoms with Crippen molar-refractivity contribution in [2.24, 2.45) is 5.92 Å². The Balaban J connectivity index is 1.67. The third kappa shape index (κ3) is 8.72. The van der Waals surface area contributed by atoms with Crippen LogP contribution in [-0.4, -0.2) is 68.6 Å². The molecule has 1 aliphatic carbocycles. The summed E-state index contributed by atoms with van der Waals surface area (Å²) in [6, 6.07) is 6.09. The van der Waals surface area contributed by atoms with Crippen molar-refractivity contribution in [1.29, 1.82) is 5.41 Å². The molecule has 0 radical (unpaired) electrons. The second-order valence-corrected chi connectivity index (χ2v) is 9.50. The van der Waals surface area contributed by atoms with Gasteiger partial charge in [-0.3, -0.25) is 10.2 Å². The fourth-order valence-corrected chi connectivity index (χ4v) is 4.45. The molecule has 0 aromatic heterocycles. The van der Waals surface area contributed by atoms with Gasteiger partial charge in [-0.1, -0.05) is 18.2 Å². The van der Waals surface area contributed by atoms with Gasteiger partial charge in [-0.15, -0.1) is 0 Å². The number of benzene rings is 1. The maximum absolute atomic E-state index is 13.7. The summed E-state index contributed by atoms with van der Waals surface area (Å²) < 4.78 is 16.5. The highest BCUT2D eigenvalue weighted by Crippen LogP contribution is 2.32. The van der Waals surface area contributed by atoms with Crippen molar-refractivity contribution in [1.82, 2.24) is 20.9 Å². The molecule has 0 bridgehead atoms. The van der Waals surface area contributed by atoms with Gasteiger partial charge in [0.25, 0.3) is 0 Å². The summed E-state index contributed by atoms with van der Waals surface area (Å²) in [4.78, 5) is 15.7. The fraction of sp³-hybridized carbons (Fsp3) is 0.538. The lowest BCUT2D eigenvalue weighted by molar-refractivity contribution is -0.137. The Morgan fingerprint density at radius 1 is 1.25 bits per heavy atom. The molecule has 1 saturated heterocycles. The van der Waals surface area contributed by atoms with Gasteiger partial charge in [-0.05, 0) is 43.2 Å². The number of rotatable bonds is 15. The summed E-state index contributed by atoms with van der Waals surface area (Å²) in [6.07, 6.45) is 6.52. The Hall–Kier alpha value is -2.75. The maximum Gasteiger partial charge on any atom is 0.227 e. The fourth-order valence-electron chi connectivity index (χ4n) is 4.34. The molecular formula is C26H38ClN5O4. The molecule has 2 aliphatic rings. The van der Waals surface area contributed by atoms with Gasteiger partial charge >= 0.3 is 0 Å². The minimum atomic E-state index is -0.160. The zero-order valence-electron chi connectivity index (χ0n) is 21.1. The van der Waals surface area contributed by atoms with Crippen LogP contribution < -0.4 is 25.4 Å². The summed E-state index contributed by atoms with van der Waals surface area (Å²) in [5, 5.41) is 17.1. The van der Waals surface area contributed by atoms with Crippen LogP contribution in [0, 0.1) is 11.3 Å². The van der Waals surface area contributed by atoms with E-state index in [2.05, 4.69) is 22.5 Å². The van der Waals surface area contributed by atoms with Crippen molar-refractivity contribution >= 4 is 22.7 Å². The molecule has 1 aromatic rings. The van der Waals surface area contributed by atoms with Crippen molar-refractivity contribution in [2.75, 3.05) is 40.5 Å². The van der Waals surface area contributed by atoms with E-state index in [1.807, 2.05) is 23.1 Å². The molecule has 4 N–H and O–H groups in total. The summed E-state index contributed by atoms with van der Waals surface area (Å²) >= 11 is 5.73. The number of amides is 1. The first-order valence-electron chi connectivity index (χ1n) is 12.3. The largest absolute Gasteiger partial charge is 0.497 e. The monoisotopic (exact) mass is 519 g/mol. The van der Waals surface area contributed by atoms with E-state index in [9.17, 15) is 4.79 Å². The van der Waals surface area contributed by atoms with Crippen LogP contribution in [0.4, 0.5) is 0 Å². The van der Waals surface area contributed by atoms with Gasteiger partial charge < -0.3 is 35.1 Å². The Kier molecular flexibility index (Phi) is 10.9. The molecular weight excluding hydrogens is 482 g/mol. The zero-order chi connectivity index (χ0) is 25.9. The van der Waals surface area contributed by atoms with Gasteiger partial charge in [0.15, 0.2) is 0 Å². The van der Waals surface area contributed by atoms with Crippen molar-refractivity contribution < 1.29 is 19.0 Å². The van der Waals surface area contributed by atoms with Crippen LogP contribution >= 0.6 is 11.6 Å². The lowest BCUT2D eigenvalue weighted by Gasteiger charge is -2.34. The molecule has 1 amide bonds. The third-order valence-electron chi connectivity index (χ3n) is 6.15. The van der Waals surface area contributed by atoms with Crippen LogP contribution in [0.5, 0.6) is 11.5 Å². The molecule has 0 spiro atoms. The number of allylic oxidation sites excluding steroid dienone is 1. The quantitative estimate of drug-likeness (QED) is 0.208. The zero-order valence-corrected chi connectivity index (χ0v) is 21.9. The second-order valence-electron chi connectivity index (χ2n) is 9.10. The molecule has 3 rings (SSSR count). The highest BCUT2D eigenvalue weighted by molar-refractivity contribution is 6.67. The van der Waals surface area contributed by atoms with Crippen LogP contribution in [0.3, 0.4) is 0 Å². The number of carbonyl (C=O) groups is 1. The number of hydrogen-bond acceptors (Lipinski definition) is 8. The third-order valence-corrected chi connectivity index (χ3v) is 6.26. The highest BCUT2D eigenvalue weighted by Gasteiger charge is 2.37.